The van der Waals surface area contributed by atoms with Crippen LogP contribution in [0.15, 0.2) is 199 Å². The number of furan rings is 1. The Bertz CT molecular complexity index is 3680. The molecule has 0 aliphatic heterocycles. The van der Waals surface area contributed by atoms with Crippen LogP contribution >= 0.6 is 0 Å². The maximum atomic E-state index is 6.90. The molecule has 9 aromatic carbocycles. The fraction of sp³-hybridized carbons (Fsp3) is 0.0526. The van der Waals surface area contributed by atoms with Gasteiger partial charge in [0.2, 0.25) is 0 Å². The van der Waals surface area contributed by atoms with Gasteiger partial charge in [-0.1, -0.05) is 153 Å². The molecule has 0 bridgehead atoms. The first kappa shape index (κ1) is 33.4. The maximum absolute atomic E-state index is 6.90. The predicted molar refractivity (Wildman–Crippen MR) is 251 cm³/mol. The van der Waals surface area contributed by atoms with E-state index in [0.717, 1.165) is 44.6 Å². The molecule has 60 heavy (non-hydrogen) atoms. The summed E-state index contributed by atoms with van der Waals surface area (Å²) < 4.78 is 9.37. The van der Waals surface area contributed by atoms with Gasteiger partial charge in [0.25, 0.3) is 0 Å². The maximum Gasteiger partial charge on any atom is 0.137 e. The highest BCUT2D eigenvalue weighted by atomic mass is 16.3. The van der Waals surface area contributed by atoms with Crippen LogP contribution in [0, 0.1) is 0 Å². The van der Waals surface area contributed by atoms with Gasteiger partial charge >= 0.3 is 0 Å². The molecule has 282 valence electrons. The molecule has 3 nitrogen and oxygen atoms in total. The van der Waals surface area contributed by atoms with Gasteiger partial charge in [0.1, 0.15) is 11.2 Å². The first-order valence-electron chi connectivity index (χ1n) is 20.8. The summed E-state index contributed by atoms with van der Waals surface area (Å²) in [6.07, 6.45) is 0. The molecule has 0 atom stereocenters. The minimum absolute atomic E-state index is 0.118. The van der Waals surface area contributed by atoms with Crippen molar-refractivity contribution in [3.05, 3.63) is 205 Å². The van der Waals surface area contributed by atoms with E-state index in [1.54, 1.807) is 0 Å². The molecule has 0 radical (unpaired) electrons. The second-order valence-corrected chi connectivity index (χ2v) is 16.9. The van der Waals surface area contributed by atoms with Gasteiger partial charge in [0.05, 0.1) is 22.2 Å². The van der Waals surface area contributed by atoms with Gasteiger partial charge in [0.15, 0.2) is 0 Å². The van der Waals surface area contributed by atoms with E-state index in [1.165, 1.54) is 77.0 Å². The zero-order valence-corrected chi connectivity index (χ0v) is 33.3. The molecule has 3 aromatic heterocycles. The van der Waals surface area contributed by atoms with E-state index in [4.69, 9.17) is 4.42 Å². The second kappa shape index (κ2) is 12.2. The quantitative estimate of drug-likeness (QED) is 0.174. The van der Waals surface area contributed by atoms with Crippen molar-refractivity contribution in [1.82, 2.24) is 4.40 Å². The molecule has 0 amide bonds. The Balaban J connectivity index is 0.988. The molecule has 3 heterocycles. The summed E-state index contributed by atoms with van der Waals surface area (Å²) in [5, 5.41) is 7.35. The predicted octanol–water partition coefficient (Wildman–Crippen LogP) is 15.8. The molecule has 0 saturated heterocycles. The van der Waals surface area contributed by atoms with Crippen molar-refractivity contribution in [3.8, 4) is 33.4 Å². The minimum Gasteiger partial charge on any atom is -0.456 e. The number of hydrogen-bond acceptors (Lipinski definition) is 2. The Labute approximate surface area is 347 Å². The highest BCUT2D eigenvalue weighted by Crippen LogP contribution is 2.54. The van der Waals surface area contributed by atoms with E-state index in [-0.39, 0.29) is 5.41 Å². The third-order valence-corrected chi connectivity index (χ3v) is 13.3. The lowest BCUT2D eigenvalue weighted by molar-refractivity contribution is 0.660. The molecule has 3 heteroatoms. The van der Waals surface area contributed by atoms with Gasteiger partial charge in [-0.3, -0.25) is 0 Å². The van der Waals surface area contributed by atoms with Gasteiger partial charge in [-0.15, -0.1) is 0 Å². The first-order valence-corrected chi connectivity index (χ1v) is 20.8. The molecule has 0 N–H and O–H groups in total. The van der Waals surface area contributed by atoms with Crippen LogP contribution in [0.4, 0.5) is 17.1 Å². The number of benzene rings is 9. The summed E-state index contributed by atoms with van der Waals surface area (Å²) in [6.45, 7) is 4.69. The van der Waals surface area contributed by atoms with Crippen molar-refractivity contribution in [2.75, 3.05) is 4.90 Å². The van der Waals surface area contributed by atoms with Crippen LogP contribution < -0.4 is 4.90 Å². The number of aromatic nitrogens is 1. The SMILES string of the molecule is CC1(C)c2ccccc2-c2c(N(c3ccc(-c4ccccc4)cc3)c3ccc4c(c3)oc3cc(-c5cccc6c7cccc8c9ccccc9n(c56)c87)ccc34)cccc21. The lowest BCUT2D eigenvalue weighted by atomic mass is 9.82. The normalized spacial score (nSPS) is 13.3. The van der Waals surface area contributed by atoms with E-state index in [0.29, 0.717) is 0 Å². The minimum atomic E-state index is -0.118. The number of para-hydroxylation sites is 3. The van der Waals surface area contributed by atoms with Crippen LogP contribution in [0.3, 0.4) is 0 Å². The van der Waals surface area contributed by atoms with Crippen molar-refractivity contribution in [1.29, 1.82) is 0 Å². The zero-order valence-electron chi connectivity index (χ0n) is 33.3. The third kappa shape index (κ3) is 4.55. The topological polar surface area (TPSA) is 20.8 Å². The van der Waals surface area contributed by atoms with Crippen LogP contribution in [0.1, 0.15) is 25.0 Å². The molecule has 0 fully saturated rings. The molecular formula is C57H38N2O. The van der Waals surface area contributed by atoms with E-state index in [1.807, 2.05) is 0 Å². The average molecular weight is 767 g/mol. The van der Waals surface area contributed by atoms with Crippen LogP contribution in [0.2, 0.25) is 0 Å². The van der Waals surface area contributed by atoms with E-state index in [9.17, 15) is 0 Å². The standard InChI is InChI=1S/C57H38N2O/c1-57(2)48-21-8-6-16-47(48)54-49(57)22-12-24-51(54)58(38-28-25-36(26-29-38)35-13-4-3-5-14-35)39-30-32-43-42-31-27-37(33-52(42)60-53(43)34-39)40-17-10-19-45-46-20-11-18-44-41-15-7-9-23-50(41)59(55(40)45)56(44)46/h3-34H,1-2H3. The smallest absolute Gasteiger partial charge is 0.137 e. The van der Waals surface area contributed by atoms with Crippen molar-refractivity contribution in [3.63, 3.8) is 0 Å². The fourth-order valence-corrected chi connectivity index (χ4v) is 10.6. The number of nitrogens with zero attached hydrogens (tertiary/aromatic N) is 2. The Morgan fingerprint density at radius 1 is 0.417 bits per heavy atom. The first-order chi connectivity index (χ1) is 29.5. The number of anilines is 3. The number of rotatable bonds is 5. The van der Waals surface area contributed by atoms with Crippen LogP contribution in [-0.4, -0.2) is 4.40 Å². The van der Waals surface area contributed by atoms with Crippen molar-refractivity contribution < 1.29 is 4.42 Å². The summed E-state index contributed by atoms with van der Waals surface area (Å²) in [4.78, 5) is 2.41. The molecule has 1 aliphatic rings. The number of fused-ring (bicyclic) bond motifs is 12. The lowest BCUT2D eigenvalue weighted by Crippen LogP contribution is -2.16. The molecule has 12 aromatic rings. The fourth-order valence-electron chi connectivity index (χ4n) is 10.6. The summed E-state index contributed by atoms with van der Waals surface area (Å²) >= 11 is 0. The second-order valence-electron chi connectivity index (χ2n) is 16.9. The Hall–Kier alpha value is -7.62. The van der Waals surface area contributed by atoms with Crippen LogP contribution in [0.5, 0.6) is 0 Å². The largest absolute Gasteiger partial charge is 0.456 e. The molecule has 0 saturated carbocycles. The van der Waals surface area contributed by atoms with Crippen molar-refractivity contribution >= 4 is 77.1 Å². The summed E-state index contributed by atoms with van der Waals surface area (Å²) in [5.74, 6) is 0. The lowest BCUT2D eigenvalue weighted by Gasteiger charge is -2.29. The molecule has 1 aliphatic carbocycles. The van der Waals surface area contributed by atoms with E-state index in [2.05, 4.69) is 217 Å². The molecule has 13 rings (SSSR count). The van der Waals surface area contributed by atoms with Gasteiger partial charge < -0.3 is 13.7 Å². The zero-order chi connectivity index (χ0) is 39.7. The van der Waals surface area contributed by atoms with Gasteiger partial charge in [0, 0.05) is 66.3 Å². The molecular weight excluding hydrogens is 729 g/mol. The summed E-state index contributed by atoms with van der Waals surface area (Å²) in [6, 6.07) is 70.9. The van der Waals surface area contributed by atoms with Crippen LogP contribution in [0.25, 0.3) is 93.4 Å². The van der Waals surface area contributed by atoms with Crippen molar-refractivity contribution in [2.45, 2.75) is 19.3 Å². The van der Waals surface area contributed by atoms with Gasteiger partial charge in [-0.05, 0) is 81.9 Å². The number of hydrogen-bond donors (Lipinski definition) is 0. The Kier molecular flexibility index (Phi) is 6.78. The van der Waals surface area contributed by atoms with Gasteiger partial charge in [-0.2, -0.15) is 0 Å². The van der Waals surface area contributed by atoms with Crippen LogP contribution in [-0.2, 0) is 5.41 Å². The Morgan fingerprint density at radius 2 is 1.00 bits per heavy atom. The monoisotopic (exact) mass is 766 g/mol. The van der Waals surface area contributed by atoms with E-state index < -0.39 is 0 Å². The highest BCUT2D eigenvalue weighted by molar-refractivity contribution is 6.25. The van der Waals surface area contributed by atoms with E-state index >= 15 is 0 Å². The molecule has 0 spiro atoms. The van der Waals surface area contributed by atoms with Crippen molar-refractivity contribution in [2.24, 2.45) is 0 Å². The average Bonchev–Trinajstić information content (AvgIpc) is 4.01. The molecule has 0 unspecified atom stereocenters. The summed E-state index contributed by atoms with van der Waals surface area (Å²) in [5.41, 5.74) is 18.7. The van der Waals surface area contributed by atoms with Gasteiger partial charge in [-0.25, -0.2) is 0 Å². The highest BCUT2D eigenvalue weighted by Gasteiger charge is 2.37. The third-order valence-electron chi connectivity index (χ3n) is 13.3. The summed E-state index contributed by atoms with van der Waals surface area (Å²) in [7, 11) is 0. The Morgan fingerprint density at radius 3 is 1.85 bits per heavy atom.